The molecular weight excluding hydrogens is 738 g/mol. The van der Waals surface area contributed by atoms with Crippen LogP contribution in [0.2, 0.25) is 0 Å². The second-order valence-electron chi connectivity index (χ2n) is 14.4. The molecule has 3 aromatic carbocycles. The molecule has 8 N–H and O–H groups in total. The lowest BCUT2D eigenvalue weighted by atomic mass is 9.85. The van der Waals surface area contributed by atoms with Crippen LogP contribution >= 0.6 is 0 Å². The normalized spacial score (nSPS) is 20.1. The topological polar surface area (TPSA) is 252 Å². The van der Waals surface area contributed by atoms with Crippen molar-refractivity contribution in [3.8, 4) is 0 Å². The second-order valence-corrected chi connectivity index (χ2v) is 14.4. The van der Waals surface area contributed by atoms with Crippen molar-refractivity contribution in [3.05, 3.63) is 101 Å². The fraction of sp³-hybridized carbons (Fsp3) is 0.400. The molecule has 57 heavy (non-hydrogen) atoms. The first-order valence-electron chi connectivity index (χ1n) is 18.5. The molecule has 2 fully saturated rings. The third-order valence-corrected chi connectivity index (χ3v) is 11.3. The lowest BCUT2D eigenvalue weighted by Gasteiger charge is -2.39. The van der Waals surface area contributed by atoms with Gasteiger partial charge >= 0.3 is 12.2 Å². The Morgan fingerprint density at radius 3 is 1.32 bits per heavy atom. The standard InChI is InChI=1S/C40H49N7O10/c1-43(37(54)55)31(24-48)33(50)46-20-6-18-39(46,35(41)52)28-14-10-26(11-15-28)22-45(30-8-4-3-5-9-30)23-27-12-16-29(17-13-27)40(36(42)53)19-7-21-47(40)34(51)32(25-49)44(2)38(56)57/h3-5,8-17,31-32,48-49H,6-7,18-25H2,1-2H3,(H2,41,52)(H2,42,53)(H,54,55)(H,56,57)/t31-,32-,39-,40-/m0/s1. The molecule has 0 bridgehead atoms. The van der Waals surface area contributed by atoms with Crippen molar-refractivity contribution in [2.45, 2.75) is 61.9 Å². The van der Waals surface area contributed by atoms with Gasteiger partial charge in [0.25, 0.3) is 0 Å². The van der Waals surface area contributed by atoms with Gasteiger partial charge < -0.3 is 46.6 Å². The number of likely N-dealkylation sites (tertiary alicyclic amines) is 2. The molecule has 17 nitrogen and oxygen atoms in total. The number of nitrogens with two attached hydrogens (primary N) is 2. The number of likely N-dealkylation sites (N-methyl/N-ethyl adjacent to an activating group) is 2. The van der Waals surface area contributed by atoms with E-state index in [1.165, 1.54) is 23.9 Å². The van der Waals surface area contributed by atoms with Gasteiger partial charge in [-0.25, -0.2) is 9.59 Å². The van der Waals surface area contributed by atoms with Crippen LogP contribution in [-0.2, 0) is 43.3 Å². The van der Waals surface area contributed by atoms with Crippen molar-refractivity contribution in [2.75, 3.05) is 45.3 Å². The summed E-state index contributed by atoms with van der Waals surface area (Å²) in [6.07, 6.45) is -1.50. The van der Waals surface area contributed by atoms with Gasteiger partial charge in [-0.15, -0.1) is 0 Å². The maximum absolute atomic E-state index is 13.6. The SMILES string of the molecule is CN(C(=O)O)[C@@H](CO)C(=O)N1CCC[C@@]1(C(N)=O)c1ccc(CN(Cc2ccc([C@]3(C(N)=O)CCCN3C(=O)[C@H](CO)N(C)C(=O)O)cc2)c2ccccc2)cc1. The molecule has 0 aromatic heterocycles. The summed E-state index contributed by atoms with van der Waals surface area (Å²) in [6.45, 7) is -0.442. The highest BCUT2D eigenvalue weighted by molar-refractivity contribution is 5.96. The lowest BCUT2D eigenvalue weighted by Crippen LogP contribution is -2.59. The first-order valence-corrected chi connectivity index (χ1v) is 18.5. The predicted molar refractivity (Wildman–Crippen MR) is 206 cm³/mol. The summed E-state index contributed by atoms with van der Waals surface area (Å²) in [6, 6.07) is 21.0. The number of carbonyl (C=O) groups is 6. The van der Waals surface area contributed by atoms with Crippen LogP contribution in [0.15, 0.2) is 78.9 Å². The Labute approximate surface area is 329 Å². The summed E-state index contributed by atoms with van der Waals surface area (Å²) in [5.41, 5.74) is 12.4. The zero-order valence-electron chi connectivity index (χ0n) is 31.9. The fourth-order valence-electron chi connectivity index (χ4n) is 8.08. The number of aliphatic hydroxyl groups is 2. The summed E-state index contributed by atoms with van der Waals surface area (Å²) in [5, 5.41) is 38.8. The predicted octanol–water partition coefficient (Wildman–Crippen LogP) is 1.44. The van der Waals surface area contributed by atoms with Crippen LogP contribution in [0.25, 0.3) is 0 Å². The maximum atomic E-state index is 13.6. The van der Waals surface area contributed by atoms with Gasteiger partial charge in [-0.1, -0.05) is 66.7 Å². The number of carboxylic acid groups (broad SMARTS) is 2. The number of primary amides is 2. The quantitative estimate of drug-likeness (QED) is 0.129. The van der Waals surface area contributed by atoms with Crippen LogP contribution in [0.3, 0.4) is 0 Å². The number of hydrogen-bond donors (Lipinski definition) is 6. The number of carbonyl (C=O) groups excluding carboxylic acids is 4. The Morgan fingerprint density at radius 2 is 1.00 bits per heavy atom. The Morgan fingerprint density at radius 1 is 0.632 bits per heavy atom. The number of benzene rings is 3. The van der Waals surface area contributed by atoms with Crippen LogP contribution in [0, 0.1) is 0 Å². The molecule has 6 amide bonds. The van der Waals surface area contributed by atoms with Gasteiger partial charge in [-0.3, -0.25) is 29.0 Å². The zero-order chi connectivity index (χ0) is 41.7. The van der Waals surface area contributed by atoms with Gasteiger partial charge in [0, 0.05) is 46.0 Å². The molecule has 0 radical (unpaired) electrons. The Hall–Kier alpha value is -6.20. The largest absolute Gasteiger partial charge is 0.465 e. The molecule has 2 saturated heterocycles. The third-order valence-electron chi connectivity index (χ3n) is 11.3. The summed E-state index contributed by atoms with van der Waals surface area (Å²) in [4.78, 5) is 82.9. The van der Waals surface area contributed by atoms with E-state index in [9.17, 15) is 49.2 Å². The molecule has 0 spiro atoms. The minimum atomic E-state index is -1.55. The van der Waals surface area contributed by atoms with E-state index in [0.29, 0.717) is 46.9 Å². The van der Waals surface area contributed by atoms with E-state index >= 15 is 0 Å². The molecule has 304 valence electrons. The first-order chi connectivity index (χ1) is 27.1. The van der Waals surface area contributed by atoms with E-state index < -0.39 is 72.2 Å². The number of amides is 6. The number of nitrogens with zero attached hydrogens (tertiary/aromatic N) is 5. The molecule has 0 aliphatic carbocycles. The summed E-state index contributed by atoms with van der Waals surface area (Å²) >= 11 is 0. The van der Waals surface area contributed by atoms with Crippen molar-refractivity contribution >= 4 is 41.5 Å². The van der Waals surface area contributed by atoms with Crippen LogP contribution in [0.1, 0.15) is 47.9 Å². The third kappa shape index (κ3) is 7.93. The number of aliphatic hydroxyl groups excluding tert-OH is 2. The molecule has 5 rings (SSSR count). The zero-order valence-corrected chi connectivity index (χ0v) is 31.9. The van der Waals surface area contributed by atoms with Crippen LogP contribution in [0.5, 0.6) is 0 Å². The number of para-hydroxylation sites is 1. The average molecular weight is 788 g/mol. The van der Waals surface area contributed by atoms with Crippen molar-refractivity contribution in [1.29, 1.82) is 0 Å². The van der Waals surface area contributed by atoms with Crippen molar-refractivity contribution < 1.29 is 49.2 Å². The highest BCUT2D eigenvalue weighted by atomic mass is 16.4. The highest BCUT2D eigenvalue weighted by Crippen LogP contribution is 2.41. The van der Waals surface area contributed by atoms with Gasteiger partial charge in [0.15, 0.2) is 0 Å². The Balaban J connectivity index is 1.41. The molecule has 2 aliphatic rings. The number of anilines is 1. The van der Waals surface area contributed by atoms with E-state index in [1.807, 2.05) is 54.6 Å². The highest BCUT2D eigenvalue weighted by Gasteiger charge is 2.53. The molecular formula is C40H49N7O10. The van der Waals surface area contributed by atoms with E-state index in [0.717, 1.165) is 16.8 Å². The molecule has 3 aromatic rings. The molecule has 0 saturated carbocycles. The molecule has 0 unspecified atom stereocenters. The summed E-state index contributed by atoms with van der Waals surface area (Å²) < 4.78 is 0. The van der Waals surface area contributed by atoms with Gasteiger partial charge in [0.05, 0.1) is 13.2 Å². The summed E-state index contributed by atoms with van der Waals surface area (Å²) in [7, 11) is 2.35. The van der Waals surface area contributed by atoms with Crippen LogP contribution in [-0.4, -0.2) is 128 Å². The average Bonchev–Trinajstić information content (AvgIpc) is 3.86. The van der Waals surface area contributed by atoms with Crippen molar-refractivity contribution in [1.82, 2.24) is 19.6 Å². The summed E-state index contributed by atoms with van der Waals surface area (Å²) in [5.74, 6) is -2.99. The molecule has 4 atom stereocenters. The van der Waals surface area contributed by atoms with E-state index in [2.05, 4.69) is 4.90 Å². The smallest absolute Gasteiger partial charge is 0.407 e. The van der Waals surface area contributed by atoms with Gasteiger partial charge in [-0.2, -0.15) is 0 Å². The van der Waals surface area contributed by atoms with E-state index in [-0.39, 0.29) is 25.9 Å². The van der Waals surface area contributed by atoms with E-state index in [1.54, 1.807) is 24.3 Å². The van der Waals surface area contributed by atoms with Gasteiger partial charge in [0.1, 0.15) is 23.2 Å². The number of rotatable bonds is 15. The van der Waals surface area contributed by atoms with Crippen LogP contribution in [0.4, 0.5) is 15.3 Å². The van der Waals surface area contributed by atoms with Crippen molar-refractivity contribution in [2.24, 2.45) is 11.5 Å². The molecule has 2 heterocycles. The van der Waals surface area contributed by atoms with Gasteiger partial charge in [0.2, 0.25) is 23.6 Å². The van der Waals surface area contributed by atoms with Gasteiger partial charge in [-0.05, 0) is 60.1 Å². The minimum absolute atomic E-state index is 0.147. The lowest BCUT2D eigenvalue weighted by molar-refractivity contribution is -0.148. The monoisotopic (exact) mass is 787 g/mol. The minimum Gasteiger partial charge on any atom is -0.465 e. The van der Waals surface area contributed by atoms with Crippen LogP contribution < -0.4 is 16.4 Å². The van der Waals surface area contributed by atoms with E-state index in [4.69, 9.17) is 11.5 Å². The first kappa shape index (κ1) is 42.0. The fourth-order valence-corrected chi connectivity index (χ4v) is 8.08. The molecule has 2 aliphatic heterocycles. The number of hydrogen-bond acceptors (Lipinski definition) is 9. The Kier molecular flexibility index (Phi) is 12.7. The maximum Gasteiger partial charge on any atom is 0.407 e. The van der Waals surface area contributed by atoms with Crippen molar-refractivity contribution in [3.63, 3.8) is 0 Å². The Bertz CT molecular complexity index is 1840. The molecule has 17 heteroatoms. The second kappa shape index (κ2) is 17.3.